The average Bonchev–Trinajstić information content (AvgIpc) is 3.11. The number of benzene rings is 2. The molecule has 1 fully saturated rings. The fourth-order valence-corrected chi connectivity index (χ4v) is 5.22. The first-order valence-electron chi connectivity index (χ1n) is 11.8. The van der Waals surface area contributed by atoms with Crippen LogP contribution < -0.4 is 5.32 Å². The maximum Gasteiger partial charge on any atom is 0.407 e. The maximum absolute atomic E-state index is 13.1. The molecular formula is C27H32N2O5. The zero-order valence-corrected chi connectivity index (χ0v) is 19.9. The highest BCUT2D eigenvalue weighted by molar-refractivity contribution is 5.86. The van der Waals surface area contributed by atoms with Gasteiger partial charge in [0.2, 0.25) is 5.91 Å². The number of hydrogen-bond acceptors (Lipinski definition) is 4. The Morgan fingerprint density at radius 3 is 2.15 bits per heavy atom. The summed E-state index contributed by atoms with van der Waals surface area (Å²) >= 11 is 0. The van der Waals surface area contributed by atoms with Gasteiger partial charge < -0.3 is 20.1 Å². The van der Waals surface area contributed by atoms with Crippen LogP contribution in [-0.2, 0) is 14.3 Å². The minimum absolute atomic E-state index is 0.0127. The van der Waals surface area contributed by atoms with Gasteiger partial charge in [0, 0.05) is 25.4 Å². The number of carboxylic acid groups (broad SMARTS) is 1. The Bertz CT molecular complexity index is 1040. The molecule has 7 heteroatoms. The van der Waals surface area contributed by atoms with Crippen molar-refractivity contribution in [2.24, 2.45) is 5.41 Å². The summed E-state index contributed by atoms with van der Waals surface area (Å²) in [6.07, 6.45) is 0.841. The second-order valence-electron chi connectivity index (χ2n) is 10.1. The molecule has 2 N–H and O–H groups in total. The number of carboxylic acids is 1. The van der Waals surface area contributed by atoms with E-state index in [1.807, 2.05) is 36.4 Å². The number of carbonyl (C=O) groups excluding carboxylic acids is 2. The maximum atomic E-state index is 13.1. The third kappa shape index (κ3) is 4.93. The largest absolute Gasteiger partial charge is 0.481 e. The Balaban J connectivity index is 1.41. The highest BCUT2D eigenvalue weighted by Gasteiger charge is 2.41. The smallest absolute Gasteiger partial charge is 0.407 e. The molecule has 1 unspecified atom stereocenters. The second-order valence-corrected chi connectivity index (χ2v) is 10.1. The molecule has 180 valence electrons. The fraction of sp³-hybridized carbons (Fsp3) is 0.444. The van der Waals surface area contributed by atoms with Crippen LogP contribution in [0, 0.1) is 5.41 Å². The first-order valence-corrected chi connectivity index (χ1v) is 11.8. The van der Waals surface area contributed by atoms with Gasteiger partial charge in [-0.2, -0.15) is 0 Å². The van der Waals surface area contributed by atoms with Crippen LogP contribution in [-0.4, -0.2) is 53.7 Å². The van der Waals surface area contributed by atoms with E-state index in [4.69, 9.17) is 9.84 Å². The lowest BCUT2D eigenvalue weighted by Gasteiger charge is -2.47. The van der Waals surface area contributed by atoms with E-state index in [1.165, 1.54) is 0 Å². The number of ether oxygens (including phenoxy) is 1. The number of rotatable bonds is 8. The summed E-state index contributed by atoms with van der Waals surface area (Å²) in [5.74, 6) is -1.39. The molecule has 0 bridgehead atoms. The predicted molar refractivity (Wildman–Crippen MR) is 128 cm³/mol. The van der Waals surface area contributed by atoms with Crippen molar-refractivity contribution in [3.05, 3.63) is 59.7 Å². The van der Waals surface area contributed by atoms with Crippen LogP contribution in [0.1, 0.15) is 56.6 Å². The van der Waals surface area contributed by atoms with Gasteiger partial charge >= 0.3 is 12.1 Å². The summed E-state index contributed by atoms with van der Waals surface area (Å²) in [6, 6.07) is 15.3. The zero-order chi connectivity index (χ0) is 24.5. The summed E-state index contributed by atoms with van der Waals surface area (Å²) in [4.78, 5) is 38.6. The number of alkyl carbamates (subject to hydrolysis) is 1. The van der Waals surface area contributed by atoms with E-state index in [0.29, 0.717) is 0 Å². The molecule has 0 saturated heterocycles. The number of hydrogen-bond donors (Lipinski definition) is 2. The van der Waals surface area contributed by atoms with E-state index in [-0.39, 0.29) is 42.7 Å². The highest BCUT2D eigenvalue weighted by Crippen LogP contribution is 2.44. The molecular weight excluding hydrogens is 432 g/mol. The molecule has 2 aliphatic rings. The highest BCUT2D eigenvalue weighted by atomic mass is 16.5. The molecule has 0 radical (unpaired) electrons. The first kappa shape index (κ1) is 23.8. The van der Waals surface area contributed by atoms with Crippen molar-refractivity contribution in [1.82, 2.24) is 10.2 Å². The molecule has 0 heterocycles. The number of fused-ring (bicyclic) bond motifs is 3. The lowest BCUT2D eigenvalue weighted by Crippen LogP contribution is -2.55. The summed E-state index contributed by atoms with van der Waals surface area (Å²) in [5.41, 5.74) is 4.65. The zero-order valence-electron chi connectivity index (χ0n) is 19.9. The van der Waals surface area contributed by atoms with E-state index >= 15 is 0 Å². The van der Waals surface area contributed by atoms with Gasteiger partial charge in [-0.3, -0.25) is 9.59 Å². The van der Waals surface area contributed by atoms with Crippen molar-refractivity contribution in [1.29, 1.82) is 0 Å². The predicted octanol–water partition coefficient (Wildman–Crippen LogP) is 4.41. The molecule has 34 heavy (non-hydrogen) atoms. The summed E-state index contributed by atoms with van der Waals surface area (Å²) in [5, 5.41) is 11.7. The quantitative estimate of drug-likeness (QED) is 0.604. The van der Waals surface area contributed by atoms with Crippen molar-refractivity contribution in [3.8, 4) is 11.1 Å². The Labute approximate surface area is 200 Å². The lowest BCUT2D eigenvalue weighted by molar-refractivity contribution is -0.139. The molecule has 7 nitrogen and oxygen atoms in total. The SMILES string of the molecule is CN(C(=O)C(CCC(=O)O)NC(=O)OCC1c2ccccc2-c2ccccc21)C1CC(C)(C)C1. The molecule has 2 amide bonds. The van der Waals surface area contributed by atoms with Crippen LogP contribution in [0.4, 0.5) is 4.79 Å². The summed E-state index contributed by atoms with van der Waals surface area (Å²) in [7, 11) is 1.72. The Kier molecular flexibility index (Phi) is 6.64. The van der Waals surface area contributed by atoms with Gasteiger partial charge in [0.15, 0.2) is 0 Å². The van der Waals surface area contributed by atoms with Gasteiger partial charge in [0.25, 0.3) is 0 Å². The van der Waals surface area contributed by atoms with Gasteiger partial charge in [-0.1, -0.05) is 62.4 Å². The summed E-state index contributed by atoms with van der Waals surface area (Å²) in [6.45, 7) is 4.43. The molecule has 1 atom stereocenters. The Morgan fingerprint density at radius 2 is 1.62 bits per heavy atom. The third-order valence-electron chi connectivity index (χ3n) is 7.05. The number of nitrogens with zero attached hydrogens (tertiary/aromatic N) is 1. The minimum atomic E-state index is -1.01. The number of nitrogens with one attached hydrogen (secondary N) is 1. The fourth-order valence-electron chi connectivity index (χ4n) is 5.22. The number of carbonyl (C=O) groups is 3. The lowest BCUT2D eigenvalue weighted by atomic mass is 9.68. The monoisotopic (exact) mass is 464 g/mol. The third-order valence-corrected chi connectivity index (χ3v) is 7.05. The van der Waals surface area contributed by atoms with E-state index in [0.717, 1.165) is 35.1 Å². The molecule has 4 rings (SSSR count). The Morgan fingerprint density at radius 1 is 1.06 bits per heavy atom. The first-order chi connectivity index (χ1) is 16.2. The minimum Gasteiger partial charge on any atom is -0.481 e. The Hall–Kier alpha value is -3.35. The van der Waals surface area contributed by atoms with Crippen LogP contribution in [0.2, 0.25) is 0 Å². The van der Waals surface area contributed by atoms with Crippen LogP contribution in [0.15, 0.2) is 48.5 Å². The standard InChI is InChI=1S/C27H32N2O5/c1-27(2)14-17(15-27)29(3)25(32)23(12-13-24(30)31)28-26(33)34-16-22-20-10-6-4-8-18(20)19-9-5-7-11-21(19)22/h4-11,17,22-23H,12-16H2,1-3H3,(H,28,33)(H,30,31). The van der Waals surface area contributed by atoms with Crippen LogP contribution in [0.5, 0.6) is 0 Å². The van der Waals surface area contributed by atoms with Gasteiger partial charge in [-0.25, -0.2) is 4.79 Å². The van der Waals surface area contributed by atoms with Gasteiger partial charge in [-0.15, -0.1) is 0 Å². The van der Waals surface area contributed by atoms with Crippen LogP contribution in [0.25, 0.3) is 11.1 Å². The van der Waals surface area contributed by atoms with Crippen LogP contribution >= 0.6 is 0 Å². The molecule has 0 aliphatic heterocycles. The average molecular weight is 465 g/mol. The van der Waals surface area contributed by atoms with Gasteiger partial charge in [-0.05, 0) is 46.9 Å². The molecule has 0 spiro atoms. The normalized spacial score (nSPS) is 17.1. The second kappa shape index (κ2) is 9.49. The van der Waals surface area contributed by atoms with Crippen LogP contribution in [0.3, 0.4) is 0 Å². The van der Waals surface area contributed by atoms with Crippen molar-refractivity contribution in [2.75, 3.05) is 13.7 Å². The van der Waals surface area contributed by atoms with E-state index in [1.54, 1.807) is 11.9 Å². The molecule has 1 saturated carbocycles. The van der Waals surface area contributed by atoms with E-state index in [9.17, 15) is 14.4 Å². The van der Waals surface area contributed by atoms with Crippen molar-refractivity contribution in [3.63, 3.8) is 0 Å². The topological polar surface area (TPSA) is 95.9 Å². The molecule has 2 aliphatic carbocycles. The van der Waals surface area contributed by atoms with Crippen molar-refractivity contribution < 1.29 is 24.2 Å². The van der Waals surface area contributed by atoms with E-state index in [2.05, 4.69) is 31.3 Å². The summed E-state index contributed by atoms with van der Waals surface area (Å²) < 4.78 is 5.57. The molecule has 0 aromatic heterocycles. The molecule has 2 aromatic carbocycles. The number of amides is 2. The van der Waals surface area contributed by atoms with Crippen molar-refractivity contribution in [2.45, 2.75) is 57.5 Å². The van der Waals surface area contributed by atoms with Crippen molar-refractivity contribution >= 4 is 18.0 Å². The van der Waals surface area contributed by atoms with Gasteiger partial charge in [0.1, 0.15) is 12.6 Å². The van der Waals surface area contributed by atoms with Gasteiger partial charge in [0.05, 0.1) is 0 Å². The number of aliphatic carboxylic acids is 1. The number of likely N-dealkylation sites (N-methyl/N-ethyl adjacent to an activating group) is 1. The van der Waals surface area contributed by atoms with E-state index < -0.39 is 18.1 Å². The molecule has 2 aromatic rings.